The van der Waals surface area contributed by atoms with E-state index in [4.69, 9.17) is 0 Å². The van der Waals surface area contributed by atoms with Crippen LogP contribution in [0.25, 0.3) is 22.0 Å². The number of hydrogen-bond acceptors (Lipinski definition) is 1. The second kappa shape index (κ2) is 4.90. The Balaban J connectivity index is 2.13. The summed E-state index contributed by atoms with van der Waals surface area (Å²) >= 11 is 0. The molecule has 3 rings (SSSR count). The van der Waals surface area contributed by atoms with E-state index in [1.165, 1.54) is 16.5 Å². The second-order valence-electron chi connectivity index (χ2n) is 4.73. The number of aromatic nitrogens is 1. The van der Waals surface area contributed by atoms with Crippen molar-refractivity contribution in [3.63, 3.8) is 0 Å². The van der Waals surface area contributed by atoms with Gasteiger partial charge in [0.05, 0.1) is 6.61 Å². The largest absolute Gasteiger partial charge is 0.392 e. The van der Waals surface area contributed by atoms with E-state index in [1.807, 2.05) is 18.2 Å². The van der Waals surface area contributed by atoms with Crippen LogP contribution in [0.5, 0.6) is 0 Å². The molecule has 0 saturated carbocycles. The summed E-state index contributed by atoms with van der Waals surface area (Å²) in [6.07, 6.45) is 2.12. The summed E-state index contributed by atoms with van der Waals surface area (Å²) in [4.78, 5) is 0. The fourth-order valence-electron chi connectivity index (χ4n) is 2.49. The van der Waals surface area contributed by atoms with E-state index in [0.29, 0.717) is 0 Å². The molecule has 0 saturated heterocycles. The molecule has 2 heteroatoms. The Labute approximate surface area is 112 Å². The number of aliphatic hydroxyl groups is 1. The fourth-order valence-corrected chi connectivity index (χ4v) is 2.49. The van der Waals surface area contributed by atoms with Crippen molar-refractivity contribution < 1.29 is 5.11 Å². The Morgan fingerprint density at radius 2 is 1.84 bits per heavy atom. The van der Waals surface area contributed by atoms with Crippen LogP contribution in [-0.4, -0.2) is 9.67 Å². The molecule has 0 fully saturated rings. The van der Waals surface area contributed by atoms with Gasteiger partial charge in [-0.2, -0.15) is 0 Å². The molecule has 0 unspecified atom stereocenters. The van der Waals surface area contributed by atoms with Crippen LogP contribution in [0.2, 0.25) is 0 Å². The van der Waals surface area contributed by atoms with Gasteiger partial charge in [0, 0.05) is 18.3 Å². The number of aryl methyl sites for hydroxylation is 1. The first-order valence-corrected chi connectivity index (χ1v) is 6.61. The number of fused-ring (bicyclic) bond motifs is 1. The molecule has 2 nitrogen and oxygen atoms in total. The van der Waals surface area contributed by atoms with E-state index >= 15 is 0 Å². The minimum absolute atomic E-state index is 0.0847. The Morgan fingerprint density at radius 1 is 1.00 bits per heavy atom. The second-order valence-corrected chi connectivity index (χ2v) is 4.73. The number of aliphatic hydroxyl groups excluding tert-OH is 1. The molecule has 96 valence electrons. The monoisotopic (exact) mass is 251 g/mol. The Bertz CT molecular complexity index is 712. The molecule has 1 heterocycles. The van der Waals surface area contributed by atoms with Crippen LogP contribution in [0.1, 0.15) is 12.5 Å². The highest BCUT2D eigenvalue weighted by Gasteiger charge is 2.03. The van der Waals surface area contributed by atoms with E-state index in [1.54, 1.807) is 0 Å². The predicted molar refractivity (Wildman–Crippen MR) is 79.0 cm³/mol. The third-order valence-electron chi connectivity index (χ3n) is 3.56. The molecule has 1 N–H and O–H groups in total. The zero-order valence-corrected chi connectivity index (χ0v) is 11.0. The predicted octanol–water partition coefficient (Wildman–Crippen LogP) is 3.82. The molecule has 0 amide bonds. The van der Waals surface area contributed by atoms with Gasteiger partial charge in [-0.1, -0.05) is 30.3 Å². The van der Waals surface area contributed by atoms with E-state index in [2.05, 4.69) is 48.0 Å². The van der Waals surface area contributed by atoms with Gasteiger partial charge in [0.15, 0.2) is 0 Å². The number of hydrogen-bond donors (Lipinski definition) is 1. The van der Waals surface area contributed by atoms with Crippen molar-refractivity contribution >= 4 is 10.9 Å². The zero-order valence-electron chi connectivity index (χ0n) is 11.0. The van der Waals surface area contributed by atoms with Gasteiger partial charge in [-0.15, -0.1) is 0 Å². The SMILES string of the molecule is CCn1ccc2ccc(-c3cccc(CO)c3)cc21. The molecule has 3 aromatic rings. The average molecular weight is 251 g/mol. The standard InChI is InChI=1S/C17H17NO/c1-2-18-9-8-14-6-7-16(11-17(14)18)15-5-3-4-13(10-15)12-19/h3-11,19H,2,12H2,1H3. The lowest BCUT2D eigenvalue weighted by Gasteiger charge is -2.06. The highest BCUT2D eigenvalue weighted by Crippen LogP contribution is 2.26. The maximum absolute atomic E-state index is 9.23. The van der Waals surface area contributed by atoms with Crippen molar-refractivity contribution in [2.45, 2.75) is 20.1 Å². The van der Waals surface area contributed by atoms with Crippen LogP contribution in [-0.2, 0) is 13.2 Å². The lowest BCUT2D eigenvalue weighted by atomic mass is 10.0. The molecule has 1 aromatic heterocycles. The van der Waals surface area contributed by atoms with E-state index < -0.39 is 0 Å². The minimum Gasteiger partial charge on any atom is -0.392 e. The maximum atomic E-state index is 9.23. The summed E-state index contributed by atoms with van der Waals surface area (Å²) in [5, 5.41) is 10.5. The Kier molecular flexibility index (Phi) is 3.10. The molecule has 0 atom stereocenters. The van der Waals surface area contributed by atoms with E-state index in [0.717, 1.165) is 17.7 Å². The van der Waals surface area contributed by atoms with E-state index in [9.17, 15) is 5.11 Å². The third kappa shape index (κ3) is 2.15. The molecule has 0 spiro atoms. The van der Waals surface area contributed by atoms with Crippen LogP contribution in [0.15, 0.2) is 54.7 Å². The molecule has 2 aromatic carbocycles. The summed E-state index contributed by atoms with van der Waals surface area (Å²) in [7, 11) is 0. The molecule has 0 aliphatic rings. The highest BCUT2D eigenvalue weighted by molar-refractivity contribution is 5.85. The minimum atomic E-state index is 0.0847. The Morgan fingerprint density at radius 3 is 2.63 bits per heavy atom. The van der Waals surface area contributed by atoms with Gasteiger partial charge in [0.25, 0.3) is 0 Å². The van der Waals surface area contributed by atoms with Gasteiger partial charge in [0.2, 0.25) is 0 Å². The summed E-state index contributed by atoms with van der Waals surface area (Å²) in [5.41, 5.74) is 4.55. The highest BCUT2D eigenvalue weighted by atomic mass is 16.3. The zero-order chi connectivity index (χ0) is 13.2. The number of nitrogens with zero attached hydrogens (tertiary/aromatic N) is 1. The Hall–Kier alpha value is -2.06. The van der Waals surface area contributed by atoms with Gasteiger partial charge in [-0.3, -0.25) is 0 Å². The third-order valence-corrected chi connectivity index (χ3v) is 3.56. The van der Waals surface area contributed by atoms with Crippen molar-refractivity contribution in [1.29, 1.82) is 0 Å². The molecule has 0 bridgehead atoms. The van der Waals surface area contributed by atoms with Crippen molar-refractivity contribution in [3.8, 4) is 11.1 Å². The van der Waals surface area contributed by atoms with Crippen LogP contribution < -0.4 is 0 Å². The van der Waals surface area contributed by atoms with Gasteiger partial charge >= 0.3 is 0 Å². The smallest absolute Gasteiger partial charge is 0.0682 e. The first-order valence-electron chi connectivity index (χ1n) is 6.61. The van der Waals surface area contributed by atoms with E-state index in [-0.39, 0.29) is 6.61 Å². The van der Waals surface area contributed by atoms with Crippen LogP contribution >= 0.6 is 0 Å². The summed E-state index contributed by atoms with van der Waals surface area (Å²) in [6.45, 7) is 3.21. The van der Waals surface area contributed by atoms with Gasteiger partial charge < -0.3 is 9.67 Å². The lowest BCUT2D eigenvalue weighted by Crippen LogP contribution is -1.91. The summed E-state index contributed by atoms with van der Waals surface area (Å²) in [5.74, 6) is 0. The molecule has 19 heavy (non-hydrogen) atoms. The van der Waals surface area contributed by atoms with Crippen molar-refractivity contribution in [2.75, 3.05) is 0 Å². The maximum Gasteiger partial charge on any atom is 0.0682 e. The summed E-state index contributed by atoms with van der Waals surface area (Å²) < 4.78 is 2.24. The number of benzene rings is 2. The molecular formula is C17H17NO. The quantitative estimate of drug-likeness (QED) is 0.752. The molecule has 0 radical (unpaired) electrons. The van der Waals surface area contributed by atoms with Gasteiger partial charge in [0.1, 0.15) is 0 Å². The number of rotatable bonds is 3. The normalized spacial score (nSPS) is 11.1. The first-order chi connectivity index (χ1) is 9.31. The van der Waals surface area contributed by atoms with Crippen molar-refractivity contribution in [2.24, 2.45) is 0 Å². The molecule has 0 aliphatic carbocycles. The van der Waals surface area contributed by atoms with Gasteiger partial charge in [-0.05, 0) is 47.2 Å². The lowest BCUT2D eigenvalue weighted by molar-refractivity contribution is 0.282. The topological polar surface area (TPSA) is 25.2 Å². The van der Waals surface area contributed by atoms with Crippen LogP contribution in [0.4, 0.5) is 0 Å². The molecule has 0 aliphatic heterocycles. The average Bonchev–Trinajstić information content (AvgIpc) is 2.89. The van der Waals surface area contributed by atoms with Gasteiger partial charge in [-0.25, -0.2) is 0 Å². The first kappa shape index (κ1) is 12.0. The van der Waals surface area contributed by atoms with Crippen LogP contribution in [0.3, 0.4) is 0 Å². The summed E-state index contributed by atoms with van der Waals surface area (Å²) in [6, 6.07) is 16.7. The molecular weight excluding hydrogens is 234 g/mol. The van der Waals surface area contributed by atoms with Crippen LogP contribution in [0, 0.1) is 0 Å². The van der Waals surface area contributed by atoms with Crippen molar-refractivity contribution in [3.05, 3.63) is 60.3 Å². The fraction of sp³-hybridized carbons (Fsp3) is 0.176. The van der Waals surface area contributed by atoms with Crippen molar-refractivity contribution in [1.82, 2.24) is 4.57 Å².